The van der Waals surface area contributed by atoms with Gasteiger partial charge in [0, 0.05) is 16.6 Å². The summed E-state index contributed by atoms with van der Waals surface area (Å²) >= 11 is 3.52. The molecule has 1 fully saturated rings. The molecule has 0 bridgehead atoms. The molecule has 1 aliphatic rings. The zero-order valence-corrected chi connectivity index (χ0v) is 12.2. The molecule has 4 atom stereocenters. The first-order valence-corrected chi connectivity index (χ1v) is 7.02. The van der Waals surface area contributed by atoms with Crippen molar-refractivity contribution in [2.75, 3.05) is 0 Å². The summed E-state index contributed by atoms with van der Waals surface area (Å²) in [6.07, 6.45) is 1.49. The van der Waals surface area contributed by atoms with Crippen molar-refractivity contribution in [1.82, 2.24) is 5.32 Å². The minimum Gasteiger partial charge on any atom is -0.369 e. The van der Waals surface area contributed by atoms with E-state index in [-0.39, 0.29) is 6.10 Å². The largest absolute Gasteiger partial charge is 0.369 e. The zero-order chi connectivity index (χ0) is 12.4. The van der Waals surface area contributed by atoms with E-state index in [1.807, 2.05) is 6.07 Å². The van der Waals surface area contributed by atoms with Crippen LogP contribution >= 0.6 is 15.9 Å². The molecule has 1 N–H and O–H groups in total. The number of ether oxygens (including phenoxy) is 1. The Balaban J connectivity index is 2.23. The molecule has 0 radical (unpaired) electrons. The third kappa shape index (κ3) is 3.30. The van der Waals surface area contributed by atoms with E-state index in [4.69, 9.17) is 4.74 Å². The summed E-state index contributed by atoms with van der Waals surface area (Å²) in [5.74, 6) is 0. The summed E-state index contributed by atoms with van der Waals surface area (Å²) < 4.78 is 7.26. The molecule has 1 aromatic carbocycles. The molecule has 17 heavy (non-hydrogen) atoms. The molecule has 4 unspecified atom stereocenters. The van der Waals surface area contributed by atoms with E-state index in [9.17, 15) is 0 Å². The summed E-state index contributed by atoms with van der Waals surface area (Å²) in [7, 11) is 0. The molecule has 1 aliphatic heterocycles. The van der Waals surface area contributed by atoms with Crippen molar-refractivity contribution >= 4 is 15.9 Å². The lowest BCUT2D eigenvalue weighted by atomic mass is 10.0. The van der Waals surface area contributed by atoms with Gasteiger partial charge in [-0.2, -0.15) is 0 Å². The van der Waals surface area contributed by atoms with Gasteiger partial charge in [-0.3, -0.25) is 0 Å². The second-order valence-corrected chi connectivity index (χ2v) is 5.93. The highest BCUT2D eigenvalue weighted by atomic mass is 79.9. The van der Waals surface area contributed by atoms with Crippen molar-refractivity contribution < 1.29 is 4.74 Å². The smallest absolute Gasteiger partial charge is 0.0979 e. The normalized spacial score (nSPS) is 34.4. The average molecular weight is 298 g/mol. The van der Waals surface area contributed by atoms with Crippen LogP contribution in [0.2, 0.25) is 0 Å². The van der Waals surface area contributed by atoms with E-state index in [2.05, 4.69) is 60.2 Å². The molecule has 0 spiro atoms. The van der Waals surface area contributed by atoms with Crippen molar-refractivity contribution in [1.29, 1.82) is 0 Å². The fourth-order valence-corrected chi connectivity index (χ4v) is 2.99. The van der Waals surface area contributed by atoms with E-state index >= 15 is 0 Å². The Morgan fingerprint density at radius 3 is 2.76 bits per heavy atom. The van der Waals surface area contributed by atoms with Crippen LogP contribution in [-0.2, 0) is 4.74 Å². The minimum absolute atomic E-state index is 0.132. The zero-order valence-electron chi connectivity index (χ0n) is 10.6. The summed E-state index contributed by atoms with van der Waals surface area (Å²) in [5.41, 5.74) is 1.24. The van der Waals surface area contributed by atoms with Gasteiger partial charge < -0.3 is 10.1 Å². The Morgan fingerprint density at radius 2 is 2.06 bits per heavy atom. The Bertz CT molecular complexity index is 382. The molecule has 1 aromatic rings. The maximum Gasteiger partial charge on any atom is 0.0979 e. The first kappa shape index (κ1) is 13.1. The van der Waals surface area contributed by atoms with Crippen LogP contribution in [0.1, 0.15) is 38.9 Å². The van der Waals surface area contributed by atoms with E-state index in [1.54, 1.807) is 0 Å². The van der Waals surface area contributed by atoms with E-state index in [1.165, 1.54) is 5.56 Å². The molecular formula is C14H20BrNO. The molecule has 0 amide bonds. The first-order valence-electron chi connectivity index (χ1n) is 6.23. The average Bonchev–Trinajstić information content (AvgIpc) is 2.36. The Labute approximate surface area is 112 Å². The molecule has 0 aromatic heterocycles. The van der Waals surface area contributed by atoms with Gasteiger partial charge in [-0.25, -0.2) is 0 Å². The highest BCUT2D eigenvalue weighted by molar-refractivity contribution is 9.10. The molecular weight excluding hydrogens is 278 g/mol. The quantitative estimate of drug-likeness (QED) is 0.854. The third-order valence-electron chi connectivity index (χ3n) is 3.24. The van der Waals surface area contributed by atoms with Crippen molar-refractivity contribution in [2.24, 2.45) is 0 Å². The monoisotopic (exact) mass is 297 g/mol. The van der Waals surface area contributed by atoms with E-state index < -0.39 is 0 Å². The number of benzene rings is 1. The second-order valence-electron chi connectivity index (χ2n) is 5.01. The summed E-state index contributed by atoms with van der Waals surface area (Å²) in [6, 6.07) is 9.24. The van der Waals surface area contributed by atoms with Gasteiger partial charge in [0.1, 0.15) is 0 Å². The van der Waals surface area contributed by atoms with Gasteiger partial charge in [-0.05, 0) is 44.9 Å². The van der Waals surface area contributed by atoms with Crippen molar-refractivity contribution in [2.45, 2.75) is 51.5 Å². The molecule has 2 rings (SSSR count). The fourth-order valence-electron chi connectivity index (χ4n) is 2.58. The number of halogens is 1. The van der Waals surface area contributed by atoms with Gasteiger partial charge >= 0.3 is 0 Å². The summed E-state index contributed by atoms with van der Waals surface area (Å²) in [4.78, 5) is 0. The highest BCUT2D eigenvalue weighted by Crippen LogP contribution is 2.29. The third-order valence-corrected chi connectivity index (χ3v) is 3.74. The predicted octanol–water partition coefficient (Wildman–Crippen LogP) is 3.67. The lowest BCUT2D eigenvalue weighted by molar-refractivity contribution is -0.00784. The van der Waals surface area contributed by atoms with Crippen LogP contribution in [0.4, 0.5) is 0 Å². The van der Waals surface area contributed by atoms with Crippen LogP contribution in [-0.4, -0.2) is 18.2 Å². The van der Waals surface area contributed by atoms with Crippen LogP contribution in [0.3, 0.4) is 0 Å². The Morgan fingerprint density at radius 1 is 1.29 bits per heavy atom. The van der Waals surface area contributed by atoms with Gasteiger partial charge in [-0.1, -0.05) is 28.1 Å². The van der Waals surface area contributed by atoms with Gasteiger partial charge in [0.05, 0.1) is 12.2 Å². The number of nitrogens with one attached hydrogen (secondary N) is 1. The van der Waals surface area contributed by atoms with Crippen LogP contribution in [0.25, 0.3) is 0 Å². The van der Waals surface area contributed by atoms with Crippen molar-refractivity contribution in [3.63, 3.8) is 0 Å². The number of hydrogen-bond acceptors (Lipinski definition) is 2. The highest BCUT2D eigenvalue weighted by Gasteiger charge is 2.28. The molecule has 3 heteroatoms. The second kappa shape index (κ2) is 5.51. The van der Waals surface area contributed by atoms with Gasteiger partial charge in [0.25, 0.3) is 0 Å². The van der Waals surface area contributed by atoms with Crippen LogP contribution in [0.15, 0.2) is 28.7 Å². The molecule has 1 heterocycles. The summed E-state index contributed by atoms with van der Waals surface area (Å²) in [5, 5.41) is 3.60. The molecule has 1 saturated heterocycles. The number of hydrogen-bond donors (Lipinski definition) is 1. The van der Waals surface area contributed by atoms with Crippen molar-refractivity contribution in [3.05, 3.63) is 34.3 Å². The lowest BCUT2D eigenvalue weighted by Gasteiger charge is -2.25. The standard InChI is InChI=1S/C14H20BrNO/c1-9-7-10(2)17-14(11(3)16-9)12-5-4-6-13(15)8-12/h4-6,8-11,14,16H,7H2,1-3H3. The van der Waals surface area contributed by atoms with Gasteiger partial charge in [-0.15, -0.1) is 0 Å². The van der Waals surface area contributed by atoms with Gasteiger partial charge in [0.2, 0.25) is 0 Å². The Kier molecular flexibility index (Phi) is 4.23. The SMILES string of the molecule is CC1CC(C)OC(c2cccc(Br)c2)C(C)N1. The molecule has 0 saturated carbocycles. The fraction of sp³-hybridized carbons (Fsp3) is 0.571. The van der Waals surface area contributed by atoms with Crippen LogP contribution < -0.4 is 5.32 Å². The number of rotatable bonds is 1. The topological polar surface area (TPSA) is 21.3 Å². The Hall–Kier alpha value is -0.380. The maximum atomic E-state index is 6.15. The van der Waals surface area contributed by atoms with Gasteiger partial charge in [0.15, 0.2) is 0 Å². The van der Waals surface area contributed by atoms with Crippen LogP contribution in [0, 0.1) is 0 Å². The molecule has 94 valence electrons. The lowest BCUT2D eigenvalue weighted by Crippen LogP contribution is -2.36. The maximum absolute atomic E-state index is 6.15. The minimum atomic E-state index is 0.132. The van der Waals surface area contributed by atoms with Crippen LogP contribution in [0.5, 0.6) is 0 Å². The van der Waals surface area contributed by atoms with E-state index in [0.717, 1.165) is 10.9 Å². The molecule has 0 aliphatic carbocycles. The van der Waals surface area contributed by atoms with E-state index in [0.29, 0.717) is 18.2 Å². The van der Waals surface area contributed by atoms with Crippen molar-refractivity contribution in [3.8, 4) is 0 Å². The first-order chi connectivity index (χ1) is 8.06. The molecule has 2 nitrogen and oxygen atoms in total. The summed E-state index contributed by atoms with van der Waals surface area (Å²) in [6.45, 7) is 6.57. The predicted molar refractivity (Wildman–Crippen MR) is 74.1 cm³/mol.